The fourth-order valence-corrected chi connectivity index (χ4v) is 4.14. The number of aliphatic hydroxyl groups is 1. The van der Waals surface area contributed by atoms with Crippen LogP contribution in [-0.4, -0.2) is 32.6 Å². The SMILES string of the molecule is CN(C(=O)C[C@](C)(O)c1ccc(F)cc1)c1nc2ccc(Cl)nc2n1C1(C)CCC1. The number of anilines is 1. The lowest BCUT2D eigenvalue weighted by molar-refractivity contribution is -0.123. The normalized spacial score (nSPS) is 17.4. The van der Waals surface area contributed by atoms with E-state index >= 15 is 0 Å². The molecule has 0 spiro atoms. The lowest BCUT2D eigenvalue weighted by atomic mass is 9.78. The number of nitrogens with zero attached hydrogens (tertiary/aromatic N) is 4. The zero-order chi connectivity index (χ0) is 21.7. The molecule has 3 aromatic rings. The quantitative estimate of drug-likeness (QED) is 0.609. The van der Waals surface area contributed by atoms with E-state index in [1.165, 1.54) is 29.2 Å². The summed E-state index contributed by atoms with van der Waals surface area (Å²) in [4.78, 5) is 23.7. The highest BCUT2D eigenvalue weighted by Crippen LogP contribution is 2.43. The van der Waals surface area contributed by atoms with Crippen LogP contribution in [0.1, 0.15) is 45.1 Å². The van der Waals surface area contributed by atoms with Crippen molar-refractivity contribution in [3.63, 3.8) is 0 Å². The molecule has 1 aliphatic carbocycles. The van der Waals surface area contributed by atoms with Crippen molar-refractivity contribution in [1.82, 2.24) is 14.5 Å². The van der Waals surface area contributed by atoms with E-state index in [1.54, 1.807) is 26.1 Å². The third-order valence-corrected chi connectivity index (χ3v) is 6.27. The zero-order valence-electron chi connectivity index (χ0n) is 17.2. The van der Waals surface area contributed by atoms with Crippen molar-refractivity contribution < 1.29 is 14.3 Å². The van der Waals surface area contributed by atoms with E-state index in [4.69, 9.17) is 11.6 Å². The van der Waals surface area contributed by atoms with Gasteiger partial charge in [0, 0.05) is 12.6 Å². The van der Waals surface area contributed by atoms with Gasteiger partial charge in [-0.3, -0.25) is 14.3 Å². The van der Waals surface area contributed by atoms with E-state index in [0.29, 0.717) is 27.8 Å². The molecule has 4 rings (SSSR count). The van der Waals surface area contributed by atoms with Crippen molar-refractivity contribution in [2.75, 3.05) is 11.9 Å². The fraction of sp³-hybridized carbons (Fsp3) is 0.409. The van der Waals surface area contributed by atoms with Crippen LogP contribution in [0.25, 0.3) is 11.2 Å². The molecule has 8 heteroatoms. The first-order chi connectivity index (χ1) is 14.1. The Kier molecular flexibility index (Phi) is 5.06. The summed E-state index contributed by atoms with van der Waals surface area (Å²) in [7, 11) is 1.64. The van der Waals surface area contributed by atoms with Gasteiger partial charge >= 0.3 is 0 Å². The molecule has 0 aliphatic heterocycles. The van der Waals surface area contributed by atoms with E-state index < -0.39 is 11.4 Å². The molecule has 1 aromatic carbocycles. The first kappa shape index (κ1) is 20.8. The van der Waals surface area contributed by atoms with Gasteiger partial charge < -0.3 is 5.11 Å². The standard InChI is InChI=1S/C22H24ClFN4O2/c1-21(11-4-12-21)28-19-16(9-10-17(23)26-19)25-20(28)27(3)18(29)13-22(2,30)14-5-7-15(24)8-6-14/h5-10,30H,4,11-13H2,1-3H3/t22-/m0/s1. The number of hydrogen-bond acceptors (Lipinski definition) is 4. The smallest absolute Gasteiger partial charge is 0.232 e. The summed E-state index contributed by atoms with van der Waals surface area (Å²) in [5.41, 5.74) is 0.129. The van der Waals surface area contributed by atoms with Crippen molar-refractivity contribution in [3.05, 3.63) is 52.9 Å². The predicted octanol–water partition coefficient (Wildman–Crippen LogP) is 4.38. The predicted molar refractivity (Wildman–Crippen MR) is 114 cm³/mol. The molecular formula is C22H24ClFN4O2. The van der Waals surface area contributed by atoms with Gasteiger partial charge in [-0.1, -0.05) is 23.7 Å². The largest absolute Gasteiger partial charge is 0.385 e. The Balaban J connectivity index is 1.69. The number of aromatic nitrogens is 3. The minimum Gasteiger partial charge on any atom is -0.385 e. The Morgan fingerprint density at radius 3 is 2.53 bits per heavy atom. The minimum atomic E-state index is -1.45. The molecule has 1 N–H and O–H groups in total. The topological polar surface area (TPSA) is 71.2 Å². The third-order valence-electron chi connectivity index (χ3n) is 6.06. The molecule has 1 fully saturated rings. The van der Waals surface area contributed by atoms with Gasteiger partial charge in [-0.05, 0) is 62.9 Å². The van der Waals surface area contributed by atoms with E-state index in [2.05, 4.69) is 16.9 Å². The fourth-order valence-electron chi connectivity index (χ4n) is 3.99. The Morgan fingerprint density at radius 1 is 1.27 bits per heavy atom. The molecule has 0 saturated heterocycles. The van der Waals surface area contributed by atoms with Crippen molar-refractivity contribution in [2.24, 2.45) is 0 Å². The highest BCUT2D eigenvalue weighted by Gasteiger charge is 2.39. The molecule has 2 aromatic heterocycles. The van der Waals surface area contributed by atoms with Crippen molar-refractivity contribution in [1.29, 1.82) is 0 Å². The van der Waals surface area contributed by atoms with Gasteiger partial charge in [-0.25, -0.2) is 14.4 Å². The van der Waals surface area contributed by atoms with Crippen LogP contribution >= 0.6 is 11.6 Å². The van der Waals surface area contributed by atoms with Gasteiger partial charge in [0.2, 0.25) is 11.9 Å². The third kappa shape index (κ3) is 3.56. The molecule has 1 atom stereocenters. The van der Waals surface area contributed by atoms with Crippen LogP contribution in [0.3, 0.4) is 0 Å². The number of rotatable bonds is 5. The molecular weight excluding hydrogens is 407 g/mol. The Morgan fingerprint density at radius 2 is 1.93 bits per heavy atom. The van der Waals surface area contributed by atoms with E-state index in [9.17, 15) is 14.3 Å². The van der Waals surface area contributed by atoms with Gasteiger partial charge in [-0.2, -0.15) is 0 Å². The van der Waals surface area contributed by atoms with Gasteiger partial charge in [0.1, 0.15) is 16.5 Å². The average Bonchev–Trinajstić information content (AvgIpc) is 3.04. The Hall–Kier alpha value is -2.51. The Bertz CT molecular complexity index is 1110. The molecule has 30 heavy (non-hydrogen) atoms. The lowest BCUT2D eigenvalue weighted by Gasteiger charge is -2.41. The molecule has 6 nitrogen and oxygen atoms in total. The highest BCUT2D eigenvalue weighted by molar-refractivity contribution is 6.29. The molecule has 1 saturated carbocycles. The summed E-state index contributed by atoms with van der Waals surface area (Å²) in [6, 6.07) is 8.97. The number of carbonyl (C=O) groups is 1. The molecule has 0 bridgehead atoms. The van der Waals surface area contributed by atoms with Crippen LogP contribution in [0.15, 0.2) is 36.4 Å². The maximum atomic E-state index is 13.2. The van der Waals surface area contributed by atoms with Crippen LogP contribution in [0.4, 0.5) is 10.3 Å². The molecule has 1 amide bonds. The molecule has 1 aliphatic rings. The van der Waals surface area contributed by atoms with Gasteiger partial charge in [0.25, 0.3) is 0 Å². The highest BCUT2D eigenvalue weighted by atomic mass is 35.5. The van der Waals surface area contributed by atoms with E-state index in [1.807, 2.05) is 4.57 Å². The first-order valence-corrected chi connectivity index (χ1v) is 10.3. The maximum absolute atomic E-state index is 13.2. The number of amides is 1. The van der Waals surface area contributed by atoms with Crippen LogP contribution in [0, 0.1) is 5.82 Å². The maximum Gasteiger partial charge on any atom is 0.232 e. The monoisotopic (exact) mass is 430 g/mol. The second-order valence-electron chi connectivity index (χ2n) is 8.48. The minimum absolute atomic E-state index is 0.177. The second-order valence-corrected chi connectivity index (χ2v) is 8.87. The number of carbonyl (C=O) groups excluding carboxylic acids is 1. The number of hydrogen-bond donors (Lipinski definition) is 1. The summed E-state index contributed by atoms with van der Waals surface area (Å²) < 4.78 is 15.2. The number of benzene rings is 1. The average molecular weight is 431 g/mol. The Labute approximate surface area is 179 Å². The number of pyridine rings is 1. The summed E-state index contributed by atoms with van der Waals surface area (Å²) in [5.74, 6) is -0.233. The van der Waals surface area contributed by atoms with Gasteiger partial charge in [-0.15, -0.1) is 0 Å². The molecule has 0 radical (unpaired) electrons. The summed E-state index contributed by atoms with van der Waals surface area (Å²) in [6.07, 6.45) is 2.82. The van der Waals surface area contributed by atoms with Crippen molar-refractivity contribution in [2.45, 2.75) is 50.7 Å². The van der Waals surface area contributed by atoms with Crippen LogP contribution in [0.5, 0.6) is 0 Å². The van der Waals surface area contributed by atoms with Crippen molar-refractivity contribution in [3.8, 4) is 0 Å². The van der Waals surface area contributed by atoms with Crippen LogP contribution in [-0.2, 0) is 15.9 Å². The number of halogens is 2. The van der Waals surface area contributed by atoms with Gasteiger partial charge in [0.15, 0.2) is 5.65 Å². The summed E-state index contributed by atoms with van der Waals surface area (Å²) in [5, 5.41) is 11.2. The van der Waals surface area contributed by atoms with Gasteiger partial charge in [0.05, 0.1) is 12.0 Å². The second kappa shape index (κ2) is 7.32. The first-order valence-electron chi connectivity index (χ1n) is 9.91. The zero-order valence-corrected chi connectivity index (χ0v) is 17.9. The molecule has 0 unspecified atom stereocenters. The number of imidazole rings is 1. The summed E-state index contributed by atoms with van der Waals surface area (Å²) in [6.45, 7) is 3.67. The van der Waals surface area contributed by atoms with Crippen LogP contribution in [0.2, 0.25) is 5.15 Å². The molecule has 158 valence electrons. The lowest BCUT2D eigenvalue weighted by Crippen LogP contribution is -2.42. The molecule has 2 heterocycles. The summed E-state index contributed by atoms with van der Waals surface area (Å²) >= 11 is 6.13. The van der Waals surface area contributed by atoms with Crippen LogP contribution < -0.4 is 4.90 Å². The van der Waals surface area contributed by atoms with E-state index in [0.717, 1.165) is 19.3 Å². The number of fused-ring (bicyclic) bond motifs is 1. The van der Waals surface area contributed by atoms with E-state index in [-0.39, 0.29) is 17.9 Å². The van der Waals surface area contributed by atoms with Crippen molar-refractivity contribution >= 4 is 34.6 Å².